The van der Waals surface area contributed by atoms with E-state index in [9.17, 15) is 27.9 Å². The first-order chi connectivity index (χ1) is 16.6. The SMILES string of the molecule is COc1ccc(/C(O)=C2\C(=O)C(=O)N(Cc3cccc(C(F)(F)F)c3)C2c2ccccn2)cc1Br. The third-order valence-corrected chi connectivity index (χ3v) is 6.16. The number of Topliss-reactive ketones (excluding diaryl/α,β-unsaturated/α-hetero) is 1. The predicted octanol–water partition coefficient (Wildman–Crippen LogP) is 5.49. The second-order valence-corrected chi connectivity index (χ2v) is 8.58. The summed E-state index contributed by atoms with van der Waals surface area (Å²) in [5, 5.41) is 11.1. The first-order valence-corrected chi connectivity index (χ1v) is 11.1. The Morgan fingerprint density at radius 3 is 2.51 bits per heavy atom. The van der Waals surface area contributed by atoms with Gasteiger partial charge < -0.3 is 14.7 Å². The van der Waals surface area contributed by atoms with Crippen LogP contribution in [0.4, 0.5) is 13.2 Å². The Morgan fingerprint density at radius 1 is 1.11 bits per heavy atom. The number of benzene rings is 2. The number of likely N-dealkylation sites (tertiary alicyclic amines) is 1. The van der Waals surface area contributed by atoms with Gasteiger partial charge in [-0.05, 0) is 64.0 Å². The summed E-state index contributed by atoms with van der Waals surface area (Å²) in [6, 6.07) is 12.9. The van der Waals surface area contributed by atoms with Crippen molar-refractivity contribution in [3.63, 3.8) is 0 Å². The van der Waals surface area contributed by atoms with Gasteiger partial charge in [-0.3, -0.25) is 14.6 Å². The minimum Gasteiger partial charge on any atom is -0.507 e. The summed E-state index contributed by atoms with van der Waals surface area (Å²) in [6.45, 7) is -0.293. The van der Waals surface area contributed by atoms with E-state index in [4.69, 9.17) is 4.74 Å². The lowest BCUT2D eigenvalue weighted by Crippen LogP contribution is -2.29. The van der Waals surface area contributed by atoms with E-state index in [2.05, 4.69) is 20.9 Å². The summed E-state index contributed by atoms with van der Waals surface area (Å²) in [4.78, 5) is 31.5. The molecule has 0 spiro atoms. The number of pyridine rings is 1. The maximum atomic E-state index is 13.2. The van der Waals surface area contributed by atoms with Gasteiger partial charge >= 0.3 is 6.18 Å². The van der Waals surface area contributed by atoms with Crippen molar-refractivity contribution < 1.29 is 32.6 Å². The van der Waals surface area contributed by atoms with E-state index in [0.29, 0.717) is 10.2 Å². The van der Waals surface area contributed by atoms with Crippen molar-refractivity contribution in [2.24, 2.45) is 0 Å². The molecule has 10 heteroatoms. The average molecular weight is 547 g/mol. The van der Waals surface area contributed by atoms with Crippen molar-refractivity contribution in [3.05, 3.63) is 99.3 Å². The van der Waals surface area contributed by atoms with E-state index in [-0.39, 0.29) is 28.9 Å². The zero-order valence-corrected chi connectivity index (χ0v) is 19.8. The summed E-state index contributed by atoms with van der Waals surface area (Å²) in [5.74, 6) is -1.86. The first-order valence-electron chi connectivity index (χ1n) is 10.3. The van der Waals surface area contributed by atoms with Crippen LogP contribution in [0.15, 0.2) is 76.9 Å². The molecule has 6 nitrogen and oxygen atoms in total. The van der Waals surface area contributed by atoms with Crippen molar-refractivity contribution in [1.82, 2.24) is 9.88 Å². The highest BCUT2D eigenvalue weighted by atomic mass is 79.9. The van der Waals surface area contributed by atoms with Gasteiger partial charge in [0.2, 0.25) is 0 Å². The van der Waals surface area contributed by atoms with E-state index in [1.807, 2.05) is 0 Å². The van der Waals surface area contributed by atoms with Crippen LogP contribution in [0, 0.1) is 0 Å². The second kappa shape index (κ2) is 9.53. The van der Waals surface area contributed by atoms with Gasteiger partial charge in [-0.15, -0.1) is 0 Å². The monoisotopic (exact) mass is 546 g/mol. The van der Waals surface area contributed by atoms with Gasteiger partial charge in [0.25, 0.3) is 11.7 Å². The van der Waals surface area contributed by atoms with Crippen LogP contribution in [-0.4, -0.2) is 33.8 Å². The smallest absolute Gasteiger partial charge is 0.416 e. The number of amides is 1. The highest BCUT2D eigenvalue weighted by Crippen LogP contribution is 2.40. The number of alkyl halides is 3. The zero-order valence-electron chi connectivity index (χ0n) is 18.2. The summed E-state index contributed by atoms with van der Waals surface area (Å²) < 4.78 is 45.3. The zero-order chi connectivity index (χ0) is 25.3. The molecule has 0 radical (unpaired) electrons. The number of halogens is 4. The third-order valence-electron chi connectivity index (χ3n) is 5.54. The number of ketones is 1. The van der Waals surface area contributed by atoms with Crippen LogP contribution in [0.3, 0.4) is 0 Å². The molecule has 0 bridgehead atoms. The van der Waals surface area contributed by atoms with Crippen LogP contribution in [-0.2, 0) is 22.3 Å². The van der Waals surface area contributed by atoms with Crippen LogP contribution in [0.1, 0.15) is 28.4 Å². The number of aromatic nitrogens is 1. The molecule has 2 aromatic carbocycles. The highest BCUT2D eigenvalue weighted by Gasteiger charge is 2.47. The van der Waals surface area contributed by atoms with Crippen LogP contribution >= 0.6 is 15.9 Å². The van der Waals surface area contributed by atoms with Crippen molar-refractivity contribution in [1.29, 1.82) is 0 Å². The minimum atomic E-state index is -4.56. The maximum absolute atomic E-state index is 13.2. The number of nitrogens with zero attached hydrogens (tertiary/aromatic N) is 2. The number of carbonyl (C=O) groups excluding carboxylic acids is 2. The van der Waals surface area contributed by atoms with Crippen LogP contribution in [0.25, 0.3) is 5.76 Å². The fraction of sp³-hybridized carbons (Fsp3) is 0.160. The Morgan fingerprint density at radius 2 is 1.89 bits per heavy atom. The van der Waals surface area contributed by atoms with Gasteiger partial charge in [-0.2, -0.15) is 13.2 Å². The summed E-state index contributed by atoms with van der Waals surface area (Å²) in [6.07, 6.45) is -3.10. The number of aliphatic hydroxyl groups excluding tert-OH is 1. The fourth-order valence-electron chi connectivity index (χ4n) is 3.90. The van der Waals surface area contributed by atoms with Gasteiger partial charge in [-0.1, -0.05) is 18.2 Å². The van der Waals surface area contributed by atoms with Crippen molar-refractivity contribution in [2.75, 3.05) is 7.11 Å². The lowest BCUT2D eigenvalue weighted by molar-refractivity contribution is -0.140. The number of aliphatic hydroxyl groups is 1. The average Bonchev–Trinajstić information content (AvgIpc) is 3.08. The number of rotatable bonds is 5. The lowest BCUT2D eigenvalue weighted by atomic mass is 9.98. The standard InChI is InChI=1S/C25H18BrF3N2O4/c1-35-19-9-8-15(12-17(19)26)22(32)20-21(18-7-2-3-10-30-18)31(24(34)23(20)33)13-14-5-4-6-16(11-14)25(27,28)29/h2-12,21,32H,13H2,1H3/b22-20+. The summed E-state index contributed by atoms with van der Waals surface area (Å²) >= 11 is 3.32. The first kappa shape index (κ1) is 24.5. The van der Waals surface area contributed by atoms with E-state index in [1.54, 1.807) is 24.3 Å². The van der Waals surface area contributed by atoms with Gasteiger partial charge in [0.15, 0.2) is 0 Å². The molecule has 1 saturated heterocycles. The number of hydrogen-bond donors (Lipinski definition) is 1. The maximum Gasteiger partial charge on any atom is 0.416 e. The molecule has 1 unspecified atom stereocenters. The predicted molar refractivity (Wildman–Crippen MR) is 124 cm³/mol. The molecule has 1 atom stereocenters. The lowest BCUT2D eigenvalue weighted by Gasteiger charge is -2.25. The van der Waals surface area contributed by atoms with E-state index < -0.39 is 35.2 Å². The molecule has 3 aromatic rings. The molecule has 0 aliphatic carbocycles. The quantitative estimate of drug-likeness (QED) is 0.260. The summed E-state index contributed by atoms with van der Waals surface area (Å²) in [5.41, 5.74) is -0.375. The molecule has 1 aliphatic rings. The molecule has 1 aromatic heterocycles. The Labute approximate surface area is 206 Å². The normalized spacial score (nSPS) is 17.6. The topological polar surface area (TPSA) is 79.7 Å². The van der Waals surface area contributed by atoms with Crippen molar-refractivity contribution in [2.45, 2.75) is 18.8 Å². The highest BCUT2D eigenvalue weighted by molar-refractivity contribution is 9.10. The molecule has 180 valence electrons. The molecule has 2 heterocycles. The minimum absolute atomic E-state index is 0.176. The number of methoxy groups -OCH3 is 1. The second-order valence-electron chi connectivity index (χ2n) is 7.73. The number of carbonyl (C=O) groups is 2. The fourth-order valence-corrected chi connectivity index (χ4v) is 4.44. The number of hydrogen-bond acceptors (Lipinski definition) is 5. The van der Waals surface area contributed by atoms with Gasteiger partial charge in [0.1, 0.15) is 17.6 Å². The number of ether oxygens (including phenoxy) is 1. The van der Waals surface area contributed by atoms with E-state index >= 15 is 0 Å². The Hall–Kier alpha value is -3.66. The van der Waals surface area contributed by atoms with Gasteiger partial charge in [-0.25, -0.2) is 0 Å². The molecule has 35 heavy (non-hydrogen) atoms. The summed E-state index contributed by atoms with van der Waals surface area (Å²) in [7, 11) is 1.47. The Balaban J connectivity index is 1.83. The molecule has 1 N–H and O–H groups in total. The van der Waals surface area contributed by atoms with E-state index in [1.165, 1.54) is 37.6 Å². The molecule has 4 rings (SSSR count). The van der Waals surface area contributed by atoms with Gasteiger partial charge in [0.05, 0.1) is 28.4 Å². The Bertz CT molecular complexity index is 1330. The van der Waals surface area contributed by atoms with Crippen molar-refractivity contribution in [3.8, 4) is 5.75 Å². The largest absolute Gasteiger partial charge is 0.507 e. The molecule has 1 aliphatic heterocycles. The molecule has 0 saturated carbocycles. The third kappa shape index (κ3) is 4.79. The molecule has 1 amide bonds. The van der Waals surface area contributed by atoms with E-state index in [0.717, 1.165) is 17.0 Å². The Kier molecular flexibility index (Phi) is 6.66. The van der Waals surface area contributed by atoms with Crippen molar-refractivity contribution >= 4 is 33.4 Å². The van der Waals surface area contributed by atoms with Crippen LogP contribution in [0.2, 0.25) is 0 Å². The van der Waals surface area contributed by atoms with Crippen LogP contribution < -0.4 is 4.74 Å². The van der Waals surface area contributed by atoms with Gasteiger partial charge in [0, 0.05) is 18.3 Å². The van der Waals surface area contributed by atoms with Crippen LogP contribution in [0.5, 0.6) is 5.75 Å². The molecule has 1 fully saturated rings. The molecular formula is C25H18BrF3N2O4. The molecular weight excluding hydrogens is 529 g/mol.